The molecule has 0 saturated carbocycles. The van der Waals surface area contributed by atoms with Gasteiger partial charge in [0, 0.05) is 13.1 Å². The number of amides is 1. The highest BCUT2D eigenvalue weighted by Gasteiger charge is 2.28. The summed E-state index contributed by atoms with van der Waals surface area (Å²) in [4.78, 5) is 50.8. The van der Waals surface area contributed by atoms with Crippen LogP contribution in [0.5, 0.6) is 11.5 Å². The number of nitrogens with zero attached hydrogens (tertiary/aromatic N) is 1. The number of ether oxygens (including phenoxy) is 2. The SMILES string of the molecule is COc1cc(CN(Cc2ccccc2)C(=O)c2cc(C(=O)O)c(C(=O)O)cc2C(=O)O)ccc1OCc1ccccc1. The molecule has 4 aromatic rings. The van der Waals surface area contributed by atoms with Crippen molar-refractivity contribution in [2.45, 2.75) is 19.7 Å². The fourth-order valence-corrected chi connectivity index (χ4v) is 4.37. The van der Waals surface area contributed by atoms with E-state index in [4.69, 9.17) is 9.47 Å². The minimum atomic E-state index is -1.63. The van der Waals surface area contributed by atoms with Gasteiger partial charge >= 0.3 is 17.9 Å². The predicted octanol–water partition coefficient (Wildman–Crippen LogP) is 5.21. The fraction of sp³-hybridized carbons (Fsp3) is 0.125. The maximum atomic E-state index is 13.9. The molecule has 0 spiro atoms. The molecule has 10 nitrogen and oxygen atoms in total. The number of hydrogen-bond donors (Lipinski definition) is 3. The van der Waals surface area contributed by atoms with Crippen LogP contribution in [0.25, 0.3) is 0 Å². The van der Waals surface area contributed by atoms with Crippen LogP contribution >= 0.6 is 0 Å². The Morgan fingerprint density at radius 1 is 0.595 bits per heavy atom. The van der Waals surface area contributed by atoms with Crippen molar-refractivity contribution in [3.63, 3.8) is 0 Å². The second-order valence-corrected chi connectivity index (χ2v) is 9.27. The zero-order valence-corrected chi connectivity index (χ0v) is 22.5. The lowest BCUT2D eigenvalue weighted by atomic mass is 9.96. The van der Waals surface area contributed by atoms with Gasteiger partial charge in [-0.3, -0.25) is 4.79 Å². The first-order valence-corrected chi connectivity index (χ1v) is 12.7. The van der Waals surface area contributed by atoms with Crippen molar-refractivity contribution in [2.24, 2.45) is 0 Å². The first-order valence-electron chi connectivity index (χ1n) is 12.7. The van der Waals surface area contributed by atoms with E-state index in [2.05, 4.69) is 0 Å². The molecule has 0 aliphatic carbocycles. The average molecular weight is 570 g/mol. The first-order chi connectivity index (χ1) is 20.2. The standard InChI is InChI=1S/C32H27NO9/c1-41-28-14-22(12-13-27(28)42-19-21-10-6-3-7-11-21)18-33(17-20-8-4-2-5-9-20)29(34)23-15-25(31(37)38)26(32(39)40)16-24(23)30(35)36/h2-16H,17-19H2,1H3,(H,35,36)(H,37,38)(H,39,40). The van der Waals surface area contributed by atoms with Crippen LogP contribution < -0.4 is 9.47 Å². The van der Waals surface area contributed by atoms with Gasteiger partial charge in [-0.05, 0) is 41.0 Å². The van der Waals surface area contributed by atoms with Gasteiger partial charge in [-0.1, -0.05) is 66.7 Å². The van der Waals surface area contributed by atoms with E-state index in [1.807, 2.05) is 30.3 Å². The number of benzene rings is 4. The summed E-state index contributed by atoms with van der Waals surface area (Å²) in [6.45, 7) is 0.354. The minimum absolute atomic E-state index is 0.00873. The summed E-state index contributed by atoms with van der Waals surface area (Å²) in [5.41, 5.74) is -0.178. The smallest absolute Gasteiger partial charge is 0.336 e. The van der Waals surface area contributed by atoms with Crippen LogP contribution in [0.15, 0.2) is 91.0 Å². The molecule has 0 bridgehead atoms. The van der Waals surface area contributed by atoms with Gasteiger partial charge in [0.25, 0.3) is 5.91 Å². The van der Waals surface area contributed by atoms with E-state index < -0.39 is 46.1 Å². The average Bonchev–Trinajstić information content (AvgIpc) is 2.99. The number of carbonyl (C=O) groups excluding carboxylic acids is 1. The maximum absolute atomic E-state index is 13.9. The molecule has 1 amide bonds. The molecule has 3 N–H and O–H groups in total. The zero-order valence-electron chi connectivity index (χ0n) is 22.5. The van der Waals surface area contributed by atoms with Crippen molar-refractivity contribution >= 4 is 23.8 Å². The second kappa shape index (κ2) is 13.1. The van der Waals surface area contributed by atoms with Gasteiger partial charge in [0.15, 0.2) is 11.5 Å². The summed E-state index contributed by atoms with van der Waals surface area (Å²) in [5.74, 6) is -4.70. The third kappa shape index (κ3) is 6.92. The number of carboxylic acid groups (broad SMARTS) is 3. The molecular formula is C32H27NO9. The topological polar surface area (TPSA) is 151 Å². The molecule has 4 rings (SSSR count). The van der Waals surface area contributed by atoms with E-state index in [1.165, 1.54) is 12.0 Å². The van der Waals surface area contributed by atoms with E-state index in [0.717, 1.165) is 17.2 Å². The van der Waals surface area contributed by atoms with Crippen molar-refractivity contribution in [2.75, 3.05) is 7.11 Å². The molecule has 42 heavy (non-hydrogen) atoms. The molecule has 0 aromatic heterocycles. The van der Waals surface area contributed by atoms with Crippen LogP contribution in [0, 0.1) is 0 Å². The lowest BCUT2D eigenvalue weighted by Crippen LogP contribution is -2.32. The van der Waals surface area contributed by atoms with Gasteiger partial charge in [0.05, 0.1) is 29.4 Å². The van der Waals surface area contributed by atoms with Crippen molar-refractivity contribution in [1.82, 2.24) is 4.90 Å². The Hall–Kier alpha value is -5.64. The van der Waals surface area contributed by atoms with E-state index in [9.17, 15) is 34.5 Å². The Morgan fingerprint density at radius 2 is 1.10 bits per heavy atom. The summed E-state index contributed by atoms with van der Waals surface area (Å²) in [6, 6.07) is 25.2. The number of carboxylic acids is 3. The van der Waals surface area contributed by atoms with Crippen LogP contribution in [0.4, 0.5) is 0 Å². The Morgan fingerprint density at radius 3 is 1.64 bits per heavy atom. The third-order valence-electron chi connectivity index (χ3n) is 6.42. The Kier molecular flexibility index (Phi) is 9.18. The zero-order chi connectivity index (χ0) is 30.2. The maximum Gasteiger partial charge on any atom is 0.336 e. The monoisotopic (exact) mass is 569 g/mol. The van der Waals surface area contributed by atoms with Crippen LogP contribution in [-0.2, 0) is 19.7 Å². The van der Waals surface area contributed by atoms with E-state index in [0.29, 0.717) is 29.7 Å². The quantitative estimate of drug-likeness (QED) is 0.209. The molecule has 4 aromatic carbocycles. The summed E-state index contributed by atoms with van der Waals surface area (Å²) >= 11 is 0. The number of aromatic carboxylic acids is 3. The van der Waals surface area contributed by atoms with Crippen molar-refractivity contribution in [3.05, 3.63) is 130 Å². The van der Waals surface area contributed by atoms with Crippen molar-refractivity contribution in [1.29, 1.82) is 0 Å². The molecule has 0 atom stereocenters. The first kappa shape index (κ1) is 29.3. The summed E-state index contributed by atoms with van der Waals surface area (Å²) in [7, 11) is 1.48. The Balaban J connectivity index is 1.71. The lowest BCUT2D eigenvalue weighted by Gasteiger charge is -2.25. The molecule has 10 heteroatoms. The van der Waals surface area contributed by atoms with Crippen molar-refractivity contribution in [3.8, 4) is 11.5 Å². The van der Waals surface area contributed by atoms with Gasteiger partial charge in [0.1, 0.15) is 6.61 Å². The second-order valence-electron chi connectivity index (χ2n) is 9.27. The molecule has 0 heterocycles. The number of rotatable bonds is 12. The van der Waals surface area contributed by atoms with Gasteiger partial charge in [-0.2, -0.15) is 0 Å². The fourth-order valence-electron chi connectivity index (χ4n) is 4.37. The van der Waals surface area contributed by atoms with Gasteiger partial charge in [0.2, 0.25) is 0 Å². The number of hydrogen-bond acceptors (Lipinski definition) is 6. The Labute approximate surface area is 241 Å². The summed E-state index contributed by atoms with van der Waals surface area (Å²) < 4.78 is 11.4. The predicted molar refractivity (Wildman–Crippen MR) is 151 cm³/mol. The van der Waals surface area contributed by atoms with Crippen LogP contribution in [-0.4, -0.2) is 51.1 Å². The molecule has 0 aliphatic rings. The third-order valence-corrected chi connectivity index (χ3v) is 6.42. The number of methoxy groups -OCH3 is 1. The minimum Gasteiger partial charge on any atom is -0.493 e. The largest absolute Gasteiger partial charge is 0.493 e. The highest BCUT2D eigenvalue weighted by molar-refractivity contribution is 6.10. The molecule has 0 fully saturated rings. The van der Waals surface area contributed by atoms with Gasteiger partial charge < -0.3 is 29.7 Å². The van der Waals surface area contributed by atoms with E-state index >= 15 is 0 Å². The van der Waals surface area contributed by atoms with Crippen LogP contribution in [0.3, 0.4) is 0 Å². The lowest BCUT2D eigenvalue weighted by molar-refractivity contribution is 0.0643. The van der Waals surface area contributed by atoms with Crippen molar-refractivity contribution < 1.29 is 44.0 Å². The summed E-state index contributed by atoms with van der Waals surface area (Å²) in [5, 5.41) is 28.8. The van der Waals surface area contributed by atoms with Crippen LogP contribution in [0.2, 0.25) is 0 Å². The molecule has 0 radical (unpaired) electrons. The highest BCUT2D eigenvalue weighted by atomic mass is 16.5. The number of carbonyl (C=O) groups is 4. The molecule has 0 saturated heterocycles. The molecular weight excluding hydrogens is 542 g/mol. The normalized spacial score (nSPS) is 10.5. The molecule has 214 valence electrons. The molecule has 0 unspecified atom stereocenters. The van der Waals surface area contributed by atoms with Crippen LogP contribution in [0.1, 0.15) is 58.1 Å². The Bertz CT molecular complexity index is 1620. The van der Waals surface area contributed by atoms with Gasteiger partial charge in [-0.15, -0.1) is 0 Å². The van der Waals surface area contributed by atoms with E-state index in [1.54, 1.807) is 48.5 Å². The highest BCUT2D eigenvalue weighted by Crippen LogP contribution is 2.30. The summed E-state index contributed by atoms with van der Waals surface area (Å²) in [6.07, 6.45) is 0. The van der Waals surface area contributed by atoms with E-state index in [-0.39, 0.29) is 13.1 Å². The molecule has 0 aliphatic heterocycles. The van der Waals surface area contributed by atoms with Gasteiger partial charge in [-0.25, -0.2) is 14.4 Å².